The van der Waals surface area contributed by atoms with Crippen molar-refractivity contribution in [2.75, 3.05) is 0 Å². The van der Waals surface area contributed by atoms with E-state index >= 15 is 0 Å². The Morgan fingerprint density at radius 2 is 2.00 bits per heavy atom. The van der Waals surface area contributed by atoms with E-state index in [0.717, 1.165) is 27.6 Å². The number of imidazole rings is 1. The zero-order valence-corrected chi connectivity index (χ0v) is 12.8. The first kappa shape index (κ1) is 12.8. The summed E-state index contributed by atoms with van der Waals surface area (Å²) in [5.41, 5.74) is 2.36. The number of aromatic amines is 1. The third-order valence-corrected chi connectivity index (χ3v) is 4.49. The van der Waals surface area contributed by atoms with Gasteiger partial charge in [0.15, 0.2) is 4.77 Å². The van der Waals surface area contributed by atoms with Crippen molar-refractivity contribution in [3.8, 4) is 0 Å². The zero-order chi connectivity index (χ0) is 12.6. The molecule has 0 saturated heterocycles. The average Bonchev–Trinajstić information content (AvgIpc) is 2.64. The van der Waals surface area contributed by atoms with E-state index in [0.29, 0.717) is 0 Å². The molecule has 2 rings (SSSR count). The Morgan fingerprint density at radius 3 is 2.59 bits per heavy atom. The molecule has 0 aliphatic rings. The molecule has 0 fully saturated rings. The molecular weight excluding hydrogens is 296 g/mol. The van der Waals surface area contributed by atoms with E-state index in [9.17, 15) is 0 Å². The quantitative estimate of drug-likeness (QED) is 0.791. The maximum atomic E-state index is 5.47. The summed E-state index contributed by atoms with van der Waals surface area (Å²) in [6, 6.07) is 6.23. The van der Waals surface area contributed by atoms with Crippen LogP contribution in [0, 0.1) is 4.77 Å². The lowest BCUT2D eigenvalue weighted by Gasteiger charge is -2.29. The zero-order valence-electron chi connectivity index (χ0n) is 10.4. The summed E-state index contributed by atoms with van der Waals surface area (Å²) in [5, 5.41) is 0. The smallest absolute Gasteiger partial charge is 0.178 e. The summed E-state index contributed by atoms with van der Waals surface area (Å²) >= 11 is 8.99. The van der Waals surface area contributed by atoms with Gasteiger partial charge in [-0.3, -0.25) is 0 Å². The van der Waals surface area contributed by atoms with Gasteiger partial charge in [0.25, 0.3) is 0 Å². The standard InChI is InChI=1S/C13H17BrN2S/c1-4-13(3,5-2)16-11-8-9(14)6-7-10(11)15-12(16)17/h6-8H,4-5H2,1-3H3,(H,15,17). The van der Waals surface area contributed by atoms with E-state index in [4.69, 9.17) is 12.2 Å². The molecule has 0 atom stereocenters. The fraction of sp³-hybridized carbons (Fsp3) is 0.462. The van der Waals surface area contributed by atoms with Crippen LogP contribution in [0.3, 0.4) is 0 Å². The van der Waals surface area contributed by atoms with E-state index in [1.165, 1.54) is 5.52 Å². The largest absolute Gasteiger partial charge is 0.331 e. The fourth-order valence-electron chi connectivity index (χ4n) is 2.18. The van der Waals surface area contributed by atoms with Gasteiger partial charge in [0.2, 0.25) is 0 Å². The number of nitrogens with one attached hydrogen (secondary N) is 1. The molecule has 2 nitrogen and oxygen atoms in total. The summed E-state index contributed by atoms with van der Waals surface area (Å²) in [4.78, 5) is 3.29. The Bertz CT molecular complexity index is 593. The minimum Gasteiger partial charge on any atom is -0.331 e. The lowest BCUT2D eigenvalue weighted by molar-refractivity contribution is 0.299. The molecule has 0 aliphatic heterocycles. The van der Waals surface area contributed by atoms with Crippen LogP contribution in [0.4, 0.5) is 0 Å². The van der Waals surface area contributed by atoms with Crippen LogP contribution in [0.25, 0.3) is 11.0 Å². The van der Waals surface area contributed by atoms with Gasteiger partial charge >= 0.3 is 0 Å². The summed E-state index contributed by atoms with van der Waals surface area (Å²) < 4.78 is 4.15. The van der Waals surface area contributed by atoms with Crippen molar-refractivity contribution in [1.29, 1.82) is 0 Å². The highest BCUT2D eigenvalue weighted by atomic mass is 79.9. The summed E-state index contributed by atoms with van der Waals surface area (Å²) in [6.45, 7) is 6.68. The Morgan fingerprint density at radius 1 is 1.35 bits per heavy atom. The molecule has 17 heavy (non-hydrogen) atoms. The number of rotatable bonds is 3. The topological polar surface area (TPSA) is 20.7 Å². The first-order valence-electron chi connectivity index (χ1n) is 5.92. The van der Waals surface area contributed by atoms with Crippen molar-refractivity contribution in [1.82, 2.24) is 9.55 Å². The first-order valence-corrected chi connectivity index (χ1v) is 7.12. The van der Waals surface area contributed by atoms with E-state index in [2.05, 4.69) is 58.4 Å². The molecule has 1 aromatic heterocycles. The normalized spacial score (nSPS) is 12.2. The molecule has 92 valence electrons. The van der Waals surface area contributed by atoms with E-state index in [-0.39, 0.29) is 5.54 Å². The first-order chi connectivity index (χ1) is 8.01. The van der Waals surface area contributed by atoms with Gasteiger partial charge in [-0.15, -0.1) is 0 Å². The summed E-state index contributed by atoms with van der Waals surface area (Å²) in [7, 11) is 0. The molecule has 0 unspecified atom stereocenters. The van der Waals surface area contributed by atoms with Crippen molar-refractivity contribution < 1.29 is 0 Å². The van der Waals surface area contributed by atoms with Gasteiger partial charge in [-0.25, -0.2) is 0 Å². The number of nitrogens with zero attached hydrogens (tertiary/aromatic N) is 1. The van der Waals surface area contributed by atoms with Crippen molar-refractivity contribution in [2.24, 2.45) is 0 Å². The van der Waals surface area contributed by atoms with Crippen molar-refractivity contribution in [2.45, 2.75) is 39.2 Å². The number of fused-ring (bicyclic) bond motifs is 1. The highest BCUT2D eigenvalue weighted by Crippen LogP contribution is 2.30. The minimum atomic E-state index is 0.0795. The molecule has 0 radical (unpaired) electrons. The van der Waals surface area contributed by atoms with Crippen LogP contribution in [0.1, 0.15) is 33.6 Å². The third-order valence-electron chi connectivity index (χ3n) is 3.71. The number of hydrogen-bond donors (Lipinski definition) is 1. The molecule has 0 amide bonds. The Balaban J connectivity index is 2.80. The summed E-state index contributed by atoms with van der Waals surface area (Å²) in [5.74, 6) is 0. The van der Waals surface area contributed by atoms with Crippen LogP contribution < -0.4 is 0 Å². The predicted molar refractivity (Wildman–Crippen MR) is 79.1 cm³/mol. The number of hydrogen-bond acceptors (Lipinski definition) is 1. The van der Waals surface area contributed by atoms with Gasteiger partial charge in [-0.1, -0.05) is 29.8 Å². The highest BCUT2D eigenvalue weighted by Gasteiger charge is 2.24. The van der Waals surface area contributed by atoms with Crippen LogP contribution in [-0.4, -0.2) is 9.55 Å². The van der Waals surface area contributed by atoms with Crippen LogP contribution in [-0.2, 0) is 5.54 Å². The Hall–Kier alpha value is -0.610. The van der Waals surface area contributed by atoms with Gasteiger partial charge in [0.05, 0.1) is 11.0 Å². The van der Waals surface area contributed by atoms with Gasteiger partial charge in [-0.2, -0.15) is 0 Å². The van der Waals surface area contributed by atoms with Gasteiger partial charge < -0.3 is 9.55 Å². The van der Waals surface area contributed by atoms with Crippen LogP contribution in [0.2, 0.25) is 0 Å². The average molecular weight is 313 g/mol. The molecule has 0 spiro atoms. The van der Waals surface area contributed by atoms with E-state index < -0.39 is 0 Å². The molecule has 4 heteroatoms. The maximum absolute atomic E-state index is 5.47. The number of aromatic nitrogens is 2. The third kappa shape index (κ3) is 2.08. The van der Waals surface area contributed by atoms with E-state index in [1.807, 2.05) is 6.07 Å². The molecule has 2 aromatic rings. The number of H-pyrrole nitrogens is 1. The second-order valence-corrected chi connectivity index (χ2v) is 5.93. The van der Waals surface area contributed by atoms with Crippen LogP contribution >= 0.6 is 28.1 Å². The van der Waals surface area contributed by atoms with Crippen molar-refractivity contribution in [3.63, 3.8) is 0 Å². The molecule has 1 N–H and O–H groups in total. The monoisotopic (exact) mass is 312 g/mol. The Kier molecular flexibility index (Phi) is 3.46. The highest BCUT2D eigenvalue weighted by molar-refractivity contribution is 9.10. The molecule has 1 heterocycles. The van der Waals surface area contributed by atoms with Crippen molar-refractivity contribution >= 4 is 39.2 Å². The van der Waals surface area contributed by atoms with Gasteiger partial charge in [0, 0.05) is 10.0 Å². The number of benzene rings is 1. The second kappa shape index (κ2) is 4.58. The maximum Gasteiger partial charge on any atom is 0.178 e. The number of halogens is 1. The molecule has 0 saturated carbocycles. The lowest BCUT2D eigenvalue weighted by Crippen LogP contribution is -2.28. The fourth-order valence-corrected chi connectivity index (χ4v) is 2.96. The van der Waals surface area contributed by atoms with Gasteiger partial charge in [0.1, 0.15) is 0 Å². The predicted octanol–water partition coefficient (Wildman–Crippen LogP) is 5.00. The Labute approximate surface area is 115 Å². The molecule has 0 bridgehead atoms. The summed E-state index contributed by atoms with van der Waals surface area (Å²) in [6.07, 6.45) is 2.13. The molecular formula is C13H17BrN2S. The SMILES string of the molecule is CCC(C)(CC)n1c(=S)[nH]c2ccc(Br)cc21. The lowest BCUT2D eigenvalue weighted by atomic mass is 9.95. The van der Waals surface area contributed by atoms with Gasteiger partial charge in [-0.05, 0) is 50.2 Å². The molecule has 0 aliphatic carbocycles. The van der Waals surface area contributed by atoms with Crippen molar-refractivity contribution in [3.05, 3.63) is 27.4 Å². The van der Waals surface area contributed by atoms with E-state index in [1.54, 1.807) is 0 Å². The molecule has 1 aromatic carbocycles. The minimum absolute atomic E-state index is 0.0795. The second-order valence-electron chi connectivity index (χ2n) is 4.63. The van der Waals surface area contributed by atoms with Crippen LogP contribution in [0.5, 0.6) is 0 Å². The van der Waals surface area contributed by atoms with Crippen LogP contribution in [0.15, 0.2) is 22.7 Å².